The van der Waals surface area contributed by atoms with Crippen molar-refractivity contribution in [2.24, 2.45) is 11.8 Å². The molecule has 0 radical (unpaired) electrons. The van der Waals surface area contributed by atoms with Gasteiger partial charge in [0.15, 0.2) is 0 Å². The van der Waals surface area contributed by atoms with Crippen molar-refractivity contribution in [3.63, 3.8) is 0 Å². The smallest absolute Gasteiger partial charge is 0.227 e. The van der Waals surface area contributed by atoms with Crippen LogP contribution < -0.4 is 5.32 Å². The molecule has 0 unspecified atom stereocenters. The van der Waals surface area contributed by atoms with Gasteiger partial charge in [0, 0.05) is 18.2 Å². The Labute approximate surface area is 108 Å². The summed E-state index contributed by atoms with van der Waals surface area (Å²) < 4.78 is 0. The highest BCUT2D eigenvalue weighted by Gasteiger charge is 2.25. The fourth-order valence-corrected chi connectivity index (χ4v) is 2.57. The van der Waals surface area contributed by atoms with Gasteiger partial charge < -0.3 is 10.4 Å². The van der Waals surface area contributed by atoms with E-state index >= 15 is 0 Å². The van der Waals surface area contributed by atoms with Crippen LogP contribution in [0.3, 0.4) is 0 Å². The number of carbonyl (C=O) groups excluding carboxylic acids is 1. The van der Waals surface area contributed by atoms with Gasteiger partial charge in [-0.25, -0.2) is 0 Å². The molecular weight excluding hydrogens is 226 g/mol. The van der Waals surface area contributed by atoms with Crippen molar-refractivity contribution in [2.75, 3.05) is 11.9 Å². The molecule has 0 atom stereocenters. The molecule has 2 N–H and O–H groups in total. The van der Waals surface area contributed by atoms with Crippen LogP contribution in [0.2, 0.25) is 0 Å². The first-order valence-corrected chi connectivity index (χ1v) is 6.67. The Morgan fingerprint density at radius 1 is 1.33 bits per heavy atom. The Morgan fingerprint density at radius 2 is 2.06 bits per heavy atom. The fourth-order valence-electron chi connectivity index (χ4n) is 2.57. The normalized spacial score (nSPS) is 23.7. The van der Waals surface area contributed by atoms with Gasteiger partial charge in [-0.2, -0.15) is 0 Å². The molecule has 3 nitrogen and oxygen atoms in total. The van der Waals surface area contributed by atoms with Crippen molar-refractivity contribution in [3.05, 3.63) is 29.8 Å². The van der Waals surface area contributed by atoms with Gasteiger partial charge in [-0.15, -0.1) is 0 Å². The lowest BCUT2D eigenvalue weighted by Crippen LogP contribution is -2.28. The van der Waals surface area contributed by atoms with Gasteiger partial charge in [-0.1, -0.05) is 12.1 Å². The molecular formula is C15H21NO2. The van der Waals surface area contributed by atoms with Crippen LogP contribution >= 0.6 is 0 Å². The molecule has 98 valence electrons. The lowest BCUT2D eigenvalue weighted by atomic mass is 9.82. The number of amides is 1. The standard InChI is InChI=1S/C15H21NO2/c1-11-3-2-4-14(9-11)16-15(18)13-7-5-12(10-17)6-8-13/h2-4,9,12-13,17H,5-8,10H2,1H3,(H,16,18). The summed E-state index contributed by atoms with van der Waals surface area (Å²) in [6.45, 7) is 2.27. The van der Waals surface area contributed by atoms with Gasteiger partial charge in [-0.05, 0) is 56.2 Å². The van der Waals surface area contributed by atoms with E-state index in [1.807, 2.05) is 31.2 Å². The van der Waals surface area contributed by atoms with Crippen LogP contribution in [0.5, 0.6) is 0 Å². The molecule has 0 aliphatic heterocycles. The average Bonchev–Trinajstić information content (AvgIpc) is 2.39. The molecule has 1 aromatic carbocycles. The Kier molecular flexibility index (Phi) is 4.37. The number of nitrogens with one attached hydrogen (secondary N) is 1. The number of aryl methyl sites for hydroxylation is 1. The molecule has 1 fully saturated rings. The summed E-state index contributed by atoms with van der Waals surface area (Å²) in [6.07, 6.45) is 3.70. The molecule has 0 heterocycles. The van der Waals surface area contributed by atoms with E-state index in [0.717, 1.165) is 36.9 Å². The Hall–Kier alpha value is -1.35. The van der Waals surface area contributed by atoms with Crippen molar-refractivity contribution < 1.29 is 9.90 Å². The number of benzene rings is 1. The molecule has 18 heavy (non-hydrogen) atoms. The maximum Gasteiger partial charge on any atom is 0.227 e. The van der Waals surface area contributed by atoms with Crippen LogP contribution in [-0.2, 0) is 4.79 Å². The number of hydrogen-bond acceptors (Lipinski definition) is 2. The Balaban J connectivity index is 1.89. The molecule has 1 aromatic rings. The van der Waals surface area contributed by atoms with E-state index in [9.17, 15) is 4.79 Å². The zero-order chi connectivity index (χ0) is 13.0. The molecule has 1 aliphatic rings. The van der Waals surface area contributed by atoms with Crippen molar-refractivity contribution in [2.45, 2.75) is 32.6 Å². The maximum atomic E-state index is 12.1. The van der Waals surface area contributed by atoms with Crippen LogP contribution in [0.1, 0.15) is 31.2 Å². The maximum absolute atomic E-state index is 12.1. The average molecular weight is 247 g/mol. The monoisotopic (exact) mass is 247 g/mol. The van der Waals surface area contributed by atoms with Crippen molar-refractivity contribution >= 4 is 11.6 Å². The van der Waals surface area contributed by atoms with Crippen LogP contribution in [-0.4, -0.2) is 17.6 Å². The topological polar surface area (TPSA) is 49.3 Å². The quantitative estimate of drug-likeness (QED) is 0.862. The first kappa shape index (κ1) is 13.1. The summed E-state index contributed by atoms with van der Waals surface area (Å²) in [7, 11) is 0. The highest BCUT2D eigenvalue weighted by molar-refractivity contribution is 5.92. The zero-order valence-corrected chi connectivity index (χ0v) is 10.9. The van der Waals surface area contributed by atoms with Crippen LogP contribution in [0.25, 0.3) is 0 Å². The lowest BCUT2D eigenvalue weighted by Gasteiger charge is -2.26. The summed E-state index contributed by atoms with van der Waals surface area (Å²) in [6, 6.07) is 7.87. The SMILES string of the molecule is Cc1cccc(NC(=O)C2CCC(CO)CC2)c1. The minimum atomic E-state index is 0.105. The Morgan fingerprint density at radius 3 is 2.67 bits per heavy atom. The van der Waals surface area contributed by atoms with Crippen molar-refractivity contribution in [1.82, 2.24) is 0 Å². The van der Waals surface area contributed by atoms with E-state index < -0.39 is 0 Å². The number of aliphatic hydroxyl groups excluding tert-OH is 1. The number of anilines is 1. The van der Waals surface area contributed by atoms with Crippen LogP contribution in [0, 0.1) is 18.8 Å². The first-order chi connectivity index (χ1) is 8.69. The summed E-state index contributed by atoms with van der Waals surface area (Å²) in [5.74, 6) is 0.623. The number of rotatable bonds is 3. The van der Waals surface area contributed by atoms with Gasteiger partial charge >= 0.3 is 0 Å². The van der Waals surface area contributed by atoms with Crippen molar-refractivity contribution in [3.8, 4) is 0 Å². The van der Waals surface area contributed by atoms with E-state index in [0.29, 0.717) is 5.92 Å². The lowest BCUT2D eigenvalue weighted by molar-refractivity contribution is -0.121. The van der Waals surface area contributed by atoms with Gasteiger partial charge in [0.05, 0.1) is 0 Å². The van der Waals surface area contributed by atoms with Gasteiger partial charge in [0.2, 0.25) is 5.91 Å². The largest absolute Gasteiger partial charge is 0.396 e. The van der Waals surface area contributed by atoms with Crippen molar-refractivity contribution in [1.29, 1.82) is 0 Å². The molecule has 1 aliphatic carbocycles. The van der Waals surface area contributed by atoms with Gasteiger partial charge in [0.25, 0.3) is 0 Å². The summed E-state index contributed by atoms with van der Waals surface area (Å²) in [5, 5.41) is 12.1. The second kappa shape index (κ2) is 6.01. The third-order valence-corrected chi connectivity index (χ3v) is 3.76. The molecule has 0 saturated heterocycles. The number of hydrogen-bond donors (Lipinski definition) is 2. The third kappa shape index (κ3) is 3.33. The highest BCUT2D eigenvalue weighted by atomic mass is 16.3. The summed E-state index contributed by atoms with van der Waals surface area (Å²) >= 11 is 0. The number of aliphatic hydroxyl groups is 1. The molecule has 0 spiro atoms. The molecule has 3 heteroatoms. The Bertz CT molecular complexity index is 409. The van der Waals surface area contributed by atoms with E-state index in [-0.39, 0.29) is 18.4 Å². The minimum absolute atomic E-state index is 0.105. The predicted molar refractivity (Wildman–Crippen MR) is 72.3 cm³/mol. The predicted octanol–water partition coefficient (Wildman–Crippen LogP) is 2.73. The van der Waals surface area contributed by atoms with Crippen LogP contribution in [0.4, 0.5) is 5.69 Å². The molecule has 2 rings (SSSR count). The molecule has 0 aromatic heterocycles. The van der Waals surface area contributed by atoms with E-state index in [1.165, 1.54) is 0 Å². The molecule has 1 saturated carbocycles. The van der Waals surface area contributed by atoms with Gasteiger partial charge in [-0.3, -0.25) is 4.79 Å². The number of carbonyl (C=O) groups is 1. The highest BCUT2D eigenvalue weighted by Crippen LogP contribution is 2.29. The first-order valence-electron chi connectivity index (χ1n) is 6.67. The van der Waals surface area contributed by atoms with E-state index in [1.54, 1.807) is 0 Å². The van der Waals surface area contributed by atoms with Gasteiger partial charge in [0.1, 0.15) is 0 Å². The second-order valence-electron chi connectivity index (χ2n) is 5.26. The van der Waals surface area contributed by atoms with E-state index in [2.05, 4.69) is 5.32 Å². The van der Waals surface area contributed by atoms with Crippen LogP contribution in [0.15, 0.2) is 24.3 Å². The minimum Gasteiger partial charge on any atom is -0.396 e. The molecule has 0 bridgehead atoms. The zero-order valence-electron chi connectivity index (χ0n) is 10.9. The molecule has 1 amide bonds. The summed E-state index contributed by atoms with van der Waals surface area (Å²) in [5.41, 5.74) is 2.03. The van der Waals surface area contributed by atoms with E-state index in [4.69, 9.17) is 5.11 Å². The second-order valence-corrected chi connectivity index (χ2v) is 5.26. The summed E-state index contributed by atoms with van der Waals surface area (Å²) in [4.78, 5) is 12.1. The fraction of sp³-hybridized carbons (Fsp3) is 0.533. The third-order valence-electron chi connectivity index (χ3n) is 3.76.